The van der Waals surface area contributed by atoms with E-state index in [1.807, 2.05) is 12.1 Å². The van der Waals surface area contributed by atoms with Gasteiger partial charge < -0.3 is 14.6 Å². The van der Waals surface area contributed by atoms with Crippen LogP contribution < -0.4 is 9.47 Å². The highest BCUT2D eigenvalue weighted by atomic mass is 35.5. The molecule has 1 heterocycles. The Balaban J connectivity index is 1.79. The molecule has 1 aliphatic heterocycles. The third kappa shape index (κ3) is 3.92. The van der Waals surface area contributed by atoms with Gasteiger partial charge in [-0.1, -0.05) is 41.9 Å². The van der Waals surface area contributed by atoms with Crippen molar-refractivity contribution >= 4 is 35.1 Å². The van der Waals surface area contributed by atoms with Gasteiger partial charge in [-0.05, 0) is 53.1 Å². The summed E-state index contributed by atoms with van der Waals surface area (Å²) in [5, 5.41) is 10.1. The van der Waals surface area contributed by atoms with E-state index in [0.717, 1.165) is 5.56 Å². The average molecular weight is 450 g/mol. The molecule has 162 valence electrons. The number of halogens is 1. The van der Waals surface area contributed by atoms with Gasteiger partial charge in [0.2, 0.25) is 0 Å². The zero-order valence-corrected chi connectivity index (χ0v) is 18.2. The van der Waals surface area contributed by atoms with Gasteiger partial charge in [0.25, 0.3) is 11.8 Å². The molecule has 0 spiro atoms. The molecule has 2 amide bonds. The van der Waals surface area contributed by atoms with Gasteiger partial charge in [-0.25, -0.2) is 0 Å². The topological polar surface area (TPSA) is 76.1 Å². The first-order chi connectivity index (χ1) is 15.4. The standard InChI is InChI=1S/C25H20ClNO5/c1-31-17-9-7-15(8-10-17)14-27-24(29)19-6-4-3-5-18(19)20(25(27)30)11-16-12-21(26)23(28)22(13-16)32-2/h3-13,28H,14H2,1-2H3. The van der Waals surface area contributed by atoms with Crippen LogP contribution in [-0.2, 0) is 11.3 Å². The molecule has 0 unspecified atom stereocenters. The first-order valence-corrected chi connectivity index (χ1v) is 10.2. The van der Waals surface area contributed by atoms with Crippen molar-refractivity contribution in [2.45, 2.75) is 6.54 Å². The third-order valence-corrected chi connectivity index (χ3v) is 5.54. The molecule has 0 saturated heterocycles. The number of aromatic hydroxyl groups is 1. The molecule has 0 radical (unpaired) electrons. The molecule has 1 N–H and O–H groups in total. The molecule has 0 saturated carbocycles. The Morgan fingerprint density at radius 2 is 1.62 bits per heavy atom. The molecule has 3 aromatic rings. The lowest BCUT2D eigenvalue weighted by molar-refractivity contribution is -0.123. The molecule has 0 aliphatic carbocycles. The van der Waals surface area contributed by atoms with Gasteiger partial charge in [-0.15, -0.1) is 0 Å². The largest absolute Gasteiger partial charge is 0.503 e. The molecule has 0 atom stereocenters. The Morgan fingerprint density at radius 3 is 2.28 bits per heavy atom. The lowest BCUT2D eigenvalue weighted by Gasteiger charge is -2.29. The Morgan fingerprint density at radius 1 is 0.938 bits per heavy atom. The second-order valence-corrected chi connectivity index (χ2v) is 7.61. The molecule has 32 heavy (non-hydrogen) atoms. The van der Waals surface area contributed by atoms with Crippen LogP contribution in [0.5, 0.6) is 17.2 Å². The normalized spacial score (nSPS) is 14.5. The minimum Gasteiger partial charge on any atom is -0.503 e. The van der Waals surface area contributed by atoms with Crippen molar-refractivity contribution in [2.75, 3.05) is 14.2 Å². The zero-order chi connectivity index (χ0) is 22.8. The van der Waals surface area contributed by atoms with Gasteiger partial charge in [0, 0.05) is 11.1 Å². The molecule has 6 nitrogen and oxygen atoms in total. The lowest BCUT2D eigenvalue weighted by atomic mass is 9.91. The highest BCUT2D eigenvalue weighted by molar-refractivity contribution is 6.34. The number of nitrogens with zero attached hydrogens (tertiary/aromatic N) is 1. The summed E-state index contributed by atoms with van der Waals surface area (Å²) in [6.45, 7) is 0.118. The quantitative estimate of drug-likeness (QED) is 0.448. The highest BCUT2D eigenvalue weighted by Crippen LogP contribution is 2.37. The Hall–Kier alpha value is -3.77. The number of hydrogen-bond donors (Lipinski definition) is 1. The highest BCUT2D eigenvalue weighted by Gasteiger charge is 2.34. The van der Waals surface area contributed by atoms with Gasteiger partial charge in [0.1, 0.15) is 5.75 Å². The third-order valence-electron chi connectivity index (χ3n) is 5.25. The average Bonchev–Trinajstić information content (AvgIpc) is 2.82. The van der Waals surface area contributed by atoms with Gasteiger partial charge in [-0.3, -0.25) is 14.5 Å². The van der Waals surface area contributed by atoms with Crippen LogP contribution in [0, 0.1) is 0 Å². The van der Waals surface area contributed by atoms with Gasteiger partial charge in [0.05, 0.1) is 25.8 Å². The van der Waals surface area contributed by atoms with Crippen molar-refractivity contribution in [3.63, 3.8) is 0 Å². The minimum atomic E-state index is -0.423. The number of phenolic OH excluding ortho intramolecular Hbond substituents is 1. The van der Waals surface area contributed by atoms with E-state index in [9.17, 15) is 14.7 Å². The number of benzene rings is 3. The van der Waals surface area contributed by atoms with E-state index in [1.54, 1.807) is 55.7 Å². The Bertz CT molecular complexity index is 1230. The Labute approximate surface area is 190 Å². The van der Waals surface area contributed by atoms with Crippen molar-refractivity contribution in [3.05, 3.63) is 87.9 Å². The van der Waals surface area contributed by atoms with Crippen LogP contribution in [0.2, 0.25) is 5.02 Å². The summed E-state index contributed by atoms with van der Waals surface area (Å²) >= 11 is 6.12. The smallest absolute Gasteiger partial charge is 0.261 e. The van der Waals surface area contributed by atoms with Crippen molar-refractivity contribution in [3.8, 4) is 17.2 Å². The van der Waals surface area contributed by atoms with Gasteiger partial charge in [0.15, 0.2) is 11.5 Å². The van der Waals surface area contributed by atoms with E-state index in [2.05, 4.69) is 0 Å². The minimum absolute atomic E-state index is 0.0962. The number of carbonyl (C=O) groups is 2. The SMILES string of the molecule is COc1ccc(CN2C(=O)C(=Cc3cc(Cl)c(O)c(OC)c3)c3ccccc3C2=O)cc1. The number of carbonyl (C=O) groups excluding carboxylic acids is 2. The van der Waals surface area contributed by atoms with Crippen LogP contribution >= 0.6 is 11.6 Å². The van der Waals surface area contributed by atoms with Gasteiger partial charge in [-0.2, -0.15) is 0 Å². The number of rotatable bonds is 5. The molecule has 7 heteroatoms. The second kappa shape index (κ2) is 8.77. The number of fused-ring (bicyclic) bond motifs is 1. The van der Waals surface area contributed by atoms with Crippen LogP contribution in [0.4, 0.5) is 0 Å². The zero-order valence-electron chi connectivity index (χ0n) is 17.5. The molecule has 1 aliphatic rings. The van der Waals surface area contributed by atoms with E-state index >= 15 is 0 Å². The summed E-state index contributed by atoms with van der Waals surface area (Å²) < 4.78 is 10.3. The number of ether oxygens (including phenoxy) is 2. The number of imide groups is 1. The maximum absolute atomic E-state index is 13.4. The summed E-state index contributed by atoms with van der Waals surface area (Å²) in [6, 6.07) is 17.3. The van der Waals surface area contributed by atoms with E-state index in [0.29, 0.717) is 28.0 Å². The molecule has 4 rings (SSSR count). The summed E-state index contributed by atoms with van der Waals surface area (Å²) in [5.41, 5.74) is 2.67. The van der Waals surface area contributed by atoms with E-state index in [4.69, 9.17) is 21.1 Å². The maximum atomic E-state index is 13.4. The summed E-state index contributed by atoms with van der Waals surface area (Å²) in [5.74, 6) is -0.0863. The monoisotopic (exact) mass is 449 g/mol. The van der Waals surface area contributed by atoms with Crippen molar-refractivity contribution in [1.29, 1.82) is 0 Å². The lowest BCUT2D eigenvalue weighted by Crippen LogP contribution is -2.41. The number of methoxy groups -OCH3 is 2. The number of amides is 2. The predicted octanol–water partition coefficient (Wildman–Crippen LogP) is 4.79. The van der Waals surface area contributed by atoms with Crippen LogP contribution in [-0.4, -0.2) is 36.0 Å². The summed E-state index contributed by atoms with van der Waals surface area (Å²) in [6.07, 6.45) is 1.64. The van der Waals surface area contributed by atoms with Crippen LogP contribution in [0.1, 0.15) is 27.0 Å². The molecule has 0 aromatic heterocycles. The van der Waals surface area contributed by atoms with Crippen molar-refractivity contribution in [2.24, 2.45) is 0 Å². The molecule has 0 fully saturated rings. The first-order valence-electron chi connectivity index (χ1n) is 9.79. The summed E-state index contributed by atoms with van der Waals surface area (Å²) in [4.78, 5) is 27.8. The second-order valence-electron chi connectivity index (χ2n) is 7.20. The van der Waals surface area contributed by atoms with E-state index in [1.165, 1.54) is 18.1 Å². The molecule has 0 bridgehead atoms. The van der Waals surface area contributed by atoms with Crippen LogP contribution in [0.3, 0.4) is 0 Å². The molecular formula is C25H20ClNO5. The van der Waals surface area contributed by atoms with E-state index < -0.39 is 5.91 Å². The van der Waals surface area contributed by atoms with E-state index in [-0.39, 0.29) is 29.0 Å². The van der Waals surface area contributed by atoms with Crippen molar-refractivity contribution in [1.82, 2.24) is 4.90 Å². The number of hydrogen-bond acceptors (Lipinski definition) is 5. The first kappa shape index (κ1) is 21.5. The van der Waals surface area contributed by atoms with Crippen LogP contribution in [0.15, 0.2) is 60.7 Å². The van der Waals surface area contributed by atoms with Crippen molar-refractivity contribution < 1.29 is 24.2 Å². The van der Waals surface area contributed by atoms with Gasteiger partial charge >= 0.3 is 0 Å². The fourth-order valence-corrected chi connectivity index (χ4v) is 3.82. The predicted molar refractivity (Wildman–Crippen MR) is 122 cm³/mol. The fraction of sp³-hybridized carbons (Fsp3) is 0.120. The van der Waals surface area contributed by atoms with Crippen LogP contribution in [0.25, 0.3) is 11.6 Å². The number of phenols is 1. The fourth-order valence-electron chi connectivity index (χ4n) is 3.60. The molecule has 3 aromatic carbocycles. The Kier molecular flexibility index (Phi) is 5.88. The summed E-state index contributed by atoms with van der Waals surface area (Å²) in [7, 11) is 2.99. The maximum Gasteiger partial charge on any atom is 0.261 e. The molecular weight excluding hydrogens is 430 g/mol.